The molecule has 114 valence electrons. The highest BCUT2D eigenvalue weighted by atomic mass is 19.1. The first-order chi connectivity index (χ1) is 10.2. The Morgan fingerprint density at radius 3 is 2.86 bits per heavy atom. The minimum atomic E-state index is -0.617. The van der Waals surface area contributed by atoms with Gasteiger partial charge in [-0.3, -0.25) is 9.59 Å². The number of carbonyl (C=O) groups excluding carboxylic acids is 2. The molecule has 1 amide bonds. The number of carbonyl (C=O) groups is 2. The topological polar surface area (TPSA) is 58.6 Å². The summed E-state index contributed by atoms with van der Waals surface area (Å²) in [5.74, 6) is -0.678. The van der Waals surface area contributed by atoms with Crippen LogP contribution in [0.25, 0.3) is 0 Å². The van der Waals surface area contributed by atoms with Crippen LogP contribution in [-0.4, -0.2) is 49.1 Å². The van der Waals surface area contributed by atoms with E-state index in [1.807, 2.05) is 30.3 Å². The van der Waals surface area contributed by atoms with Crippen LogP contribution in [0.2, 0.25) is 0 Å². The standard InChI is InChI=1S/C15H19FN2O3/c16-6-8-18-9-7-17-13(15(18)20)10-14(19)21-11-12-4-2-1-3-5-12/h1-5,13,17H,6-11H2. The Hall–Kier alpha value is -1.95. The molecule has 0 aromatic heterocycles. The second kappa shape index (κ2) is 7.73. The first-order valence-corrected chi connectivity index (χ1v) is 6.98. The van der Waals surface area contributed by atoms with Gasteiger partial charge < -0.3 is 15.0 Å². The highest BCUT2D eigenvalue weighted by molar-refractivity contribution is 5.87. The predicted molar refractivity (Wildman–Crippen MR) is 75.2 cm³/mol. The van der Waals surface area contributed by atoms with Gasteiger partial charge in [0.2, 0.25) is 5.91 Å². The third kappa shape index (κ3) is 4.53. The summed E-state index contributed by atoms with van der Waals surface area (Å²) in [6.45, 7) is 0.725. The molecule has 1 fully saturated rings. The van der Waals surface area contributed by atoms with Gasteiger partial charge in [-0.2, -0.15) is 0 Å². The summed E-state index contributed by atoms with van der Waals surface area (Å²) in [6, 6.07) is 8.72. The fraction of sp³-hybridized carbons (Fsp3) is 0.467. The number of ether oxygens (including phenoxy) is 1. The first-order valence-electron chi connectivity index (χ1n) is 6.98. The Bertz CT molecular complexity index is 479. The van der Waals surface area contributed by atoms with Crippen LogP contribution in [0.1, 0.15) is 12.0 Å². The molecule has 6 heteroatoms. The molecular weight excluding hydrogens is 275 g/mol. The summed E-state index contributed by atoms with van der Waals surface area (Å²) < 4.78 is 17.5. The molecule has 0 aliphatic carbocycles. The van der Waals surface area contributed by atoms with E-state index in [1.165, 1.54) is 4.90 Å². The van der Waals surface area contributed by atoms with E-state index in [0.29, 0.717) is 13.1 Å². The van der Waals surface area contributed by atoms with Gasteiger partial charge in [0.15, 0.2) is 0 Å². The molecule has 0 spiro atoms. The van der Waals surface area contributed by atoms with Crippen LogP contribution in [0.3, 0.4) is 0 Å². The van der Waals surface area contributed by atoms with Gasteiger partial charge in [0.25, 0.3) is 0 Å². The second-order valence-electron chi connectivity index (χ2n) is 4.87. The number of nitrogens with one attached hydrogen (secondary N) is 1. The molecule has 5 nitrogen and oxygen atoms in total. The number of hydrogen-bond donors (Lipinski definition) is 1. The summed E-state index contributed by atoms with van der Waals surface area (Å²) in [7, 11) is 0. The Labute approximate surface area is 123 Å². The zero-order valence-corrected chi connectivity index (χ0v) is 11.8. The molecule has 1 aliphatic heterocycles. The van der Waals surface area contributed by atoms with Gasteiger partial charge in [-0.05, 0) is 5.56 Å². The SMILES string of the molecule is O=C(CC1NCCN(CCF)C1=O)OCc1ccccc1. The molecule has 1 heterocycles. The number of rotatable bonds is 6. The van der Waals surface area contributed by atoms with E-state index in [1.54, 1.807) is 0 Å². The second-order valence-corrected chi connectivity index (χ2v) is 4.87. The molecule has 1 unspecified atom stereocenters. The van der Waals surface area contributed by atoms with Crippen molar-refractivity contribution in [2.45, 2.75) is 19.1 Å². The zero-order chi connectivity index (χ0) is 15.1. The largest absolute Gasteiger partial charge is 0.461 e. The number of piperazine rings is 1. The molecule has 1 saturated heterocycles. The lowest BCUT2D eigenvalue weighted by Gasteiger charge is -2.32. The molecule has 1 N–H and O–H groups in total. The van der Waals surface area contributed by atoms with Crippen LogP contribution in [0.4, 0.5) is 4.39 Å². The Kier molecular flexibility index (Phi) is 5.68. The normalized spacial score (nSPS) is 18.6. The van der Waals surface area contributed by atoms with Crippen molar-refractivity contribution in [1.82, 2.24) is 10.2 Å². The van der Waals surface area contributed by atoms with Gasteiger partial charge in [0, 0.05) is 19.6 Å². The fourth-order valence-corrected chi connectivity index (χ4v) is 2.24. The molecular formula is C15H19FN2O3. The minimum absolute atomic E-state index is 0.0333. The van der Waals surface area contributed by atoms with Crippen molar-refractivity contribution in [3.63, 3.8) is 0 Å². The number of halogens is 1. The van der Waals surface area contributed by atoms with Gasteiger partial charge in [-0.15, -0.1) is 0 Å². The number of alkyl halides is 1. The van der Waals surface area contributed by atoms with Crippen LogP contribution in [-0.2, 0) is 20.9 Å². The maximum Gasteiger partial charge on any atom is 0.308 e. The van der Waals surface area contributed by atoms with E-state index in [2.05, 4.69) is 5.32 Å². The molecule has 0 bridgehead atoms. The molecule has 0 saturated carbocycles. The highest BCUT2D eigenvalue weighted by Gasteiger charge is 2.30. The van der Waals surface area contributed by atoms with Crippen molar-refractivity contribution in [3.05, 3.63) is 35.9 Å². The lowest BCUT2D eigenvalue weighted by molar-refractivity contribution is -0.149. The van der Waals surface area contributed by atoms with Crippen molar-refractivity contribution in [1.29, 1.82) is 0 Å². The summed E-state index contributed by atoms with van der Waals surface area (Å²) >= 11 is 0. The molecule has 2 rings (SSSR count). The summed E-state index contributed by atoms with van der Waals surface area (Å²) in [5.41, 5.74) is 0.896. The third-order valence-electron chi connectivity index (χ3n) is 3.35. The van der Waals surface area contributed by atoms with Gasteiger partial charge in [-0.1, -0.05) is 30.3 Å². The molecule has 1 aromatic carbocycles. The minimum Gasteiger partial charge on any atom is -0.461 e. The van der Waals surface area contributed by atoms with E-state index in [0.717, 1.165) is 5.56 Å². The van der Waals surface area contributed by atoms with Crippen molar-refractivity contribution in [2.75, 3.05) is 26.3 Å². The van der Waals surface area contributed by atoms with Crippen LogP contribution in [0.15, 0.2) is 30.3 Å². The number of hydrogen-bond acceptors (Lipinski definition) is 4. The number of nitrogens with zero attached hydrogens (tertiary/aromatic N) is 1. The van der Waals surface area contributed by atoms with E-state index in [-0.39, 0.29) is 25.5 Å². The average molecular weight is 294 g/mol. The van der Waals surface area contributed by atoms with Gasteiger partial charge in [0.05, 0.1) is 12.5 Å². The highest BCUT2D eigenvalue weighted by Crippen LogP contribution is 2.08. The summed E-state index contributed by atoms with van der Waals surface area (Å²) in [5, 5.41) is 2.97. The van der Waals surface area contributed by atoms with Crippen LogP contribution >= 0.6 is 0 Å². The Balaban J connectivity index is 1.80. The van der Waals surface area contributed by atoms with Gasteiger partial charge >= 0.3 is 5.97 Å². The smallest absolute Gasteiger partial charge is 0.308 e. The van der Waals surface area contributed by atoms with Crippen LogP contribution in [0.5, 0.6) is 0 Å². The molecule has 21 heavy (non-hydrogen) atoms. The van der Waals surface area contributed by atoms with E-state index in [9.17, 15) is 14.0 Å². The van der Waals surface area contributed by atoms with Crippen molar-refractivity contribution in [2.24, 2.45) is 0 Å². The van der Waals surface area contributed by atoms with E-state index >= 15 is 0 Å². The zero-order valence-electron chi connectivity index (χ0n) is 11.8. The number of amides is 1. The first kappa shape index (κ1) is 15.4. The quantitative estimate of drug-likeness (QED) is 0.792. The van der Waals surface area contributed by atoms with Crippen LogP contribution < -0.4 is 5.32 Å². The third-order valence-corrected chi connectivity index (χ3v) is 3.35. The van der Waals surface area contributed by atoms with Crippen molar-refractivity contribution >= 4 is 11.9 Å². The maximum absolute atomic E-state index is 12.3. The molecule has 1 atom stereocenters. The molecule has 1 aliphatic rings. The van der Waals surface area contributed by atoms with E-state index in [4.69, 9.17) is 4.74 Å². The molecule has 0 radical (unpaired) electrons. The van der Waals surface area contributed by atoms with Crippen molar-refractivity contribution < 1.29 is 18.7 Å². The monoisotopic (exact) mass is 294 g/mol. The van der Waals surface area contributed by atoms with Gasteiger partial charge in [0.1, 0.15) is 13.3 Å². The Morgan fingerprint density at radius 2 is 2.14 bits per heavy atom. The predicted octanol–water partition coefficient (Wildman–Crippen LogP) is 0.890. The lowest BCUT2D eigenvalue weighted by Crippen LogP contribution is -2.56. The number of benzene rings is 1. The Morgan fingerprint density at radius 1 is 1.38 bits per heavy atom. The average Bonchev–Trinajstić information content (AvgIpc) is 2.50. The van der Waals surface area contributed by atoms with Crippen LogP contribution in [0, 0.1) is 0 Å². The van der Waals surface area contributed by atoms with Crippen molar-refractivity contribution in [3.8, 4) is 0 Å². The summed E-state index contributed by atoms with van der Waals surface area (Å²) in [6.07, 6.45) is -0.0333. The fourth-order valence-electron chi connectivity index (χ4n) is 2.24. The summed E-state index contributed by atoms with van der Waals surface area (Å²) in [4.78, 5) is 25.2. The van der Waals surface area contributed by atoms with Gasteiger partial charge in [-0.25, -0.2) is 4.39 Å². The van der Waals surface area contributed by atoms with E-state index < -0.39 is 18.7 Å². The lowest BCUT2D eigenvalue weighted by atomic mass is 10.1. The maximum atomic E-state index is 12.3. The molecule has 1 aromatic rings. The number of esters is 1.